The van der Waals surface area contributed by atoms with Gasteiger partial charge in [-0.05, 0) is 94.5 Å². The van der Waals surface area contributed by atoms with Gasteiger partial charge in [0.05, 0.1) is 11.5 Å². The van der Waals surface area contributed by atoms with E-state index in [2.05, 4.69) is 13.5 Å². The predicted octanol–water partition coefficient (Wildman–Crippen LogP) is 4.74. The molecule has 5 fully saturated rings. The number of epoxide rings is 1. The predicted molar refractivity (Wildman–Crippen MR) is 112 cm³/mol. The molecule has 5 rings (SSSR count). The molecule has 166 valence electrons. The molecule has 1 spiro atoms. The normalized spacial score (nSPS) is 54.1. The van der Waals surface area contributed by atoms with Crippen molar-refractivity contribution in [1.82, 2.24) is 0 Å². The smallest absolute Gasteiger partial charge is 0.341 e. The summed E-state index contributed by atoms with van der Waals surface area (Å²) in [5, 5.41) is 10.1. The van der Waals surface area contributed by atoms with Gasteiger partial charge in [-0.1, -0.05) is 19.9 Å². The topological polar surface area (TPSA) is 76.1 Å². The SMILES string of the molecule is C=C1[C@@H]2CC[C@H]3[C@]4(C)CCC[C@@](C)(C(=O)O)[C@H]4CC[C@]3(C2)[C@H]1OC(=O)[C@]1(C)O[C@@H]1C. The summed E-state index contributed by atoms with van der Waals surface area (Å²) in [5.41, 5.74) is -0.514. The lowest BCUT2D eigenvalue weighted by Gasteiger charge is -2.63. The van der Waals surface area contributed by atoms with E-state index in [9.17, 15) is 14.7 Å². The van der Waals surface area contributed by atoms with Gasteiger partial charge in [0.1, 0.15) is 6.10 Å². The van der Waals surface area contributed by atoms with Gasteiger partial charge in [0.2, 0.25) is 0 Å². The fourth-order valence-corrected chi connectivity index (χ4v) is 8.55. The highest BCUT2D eigenvalue weighted by Gasteiger charge is 2.69. The number of esters is 1. The van der Waals surface area contributed by atoms with Crippen LogP contribution in [0.25, 0.3) is 0 Å². The largest absolute Gasteiger partial charge is 0.481 e. The highest BCUT2D eigenvalue weighted by Crippen LogP contribution is 2.72. The molecule has 0 amide bonds. The highest BCUT2D eigenvalue weighted by atomic mass is 16.7. The molecule has 30 heavy (non-hydrogen) atoms. The number of hydrogen-bond donors (Lipinski definition) is 1. The van der Waals surface area contributed by atoms with Crippen LogP contribution in [0.4, 0.5) is 0 Å². The van der Waals surface area contributed by atoms with Crippen molar-refractivity contribution in [3.8, 4) is 0 Å². The third kappa shape index (κ3) is 2.39. The van der Waals surface area contributed by atoms with Crippen LogP contribution in [0.5, 0.6) is 0 Å². The summed E-state index contributed by atoms with van der Waals surface area (Å²) in [6.07, 6.45) is 7.47. The Labute approximate surface area is 179 Å². The lowest BCUT2D eigenvalue weighted by molar-refractivity contribution is -0.197. The second-order valence-electron chi connectivity index (χ2n) is 11.7. The lowest BCUT2D eigenvalue weighted by Crippen LogP contribution is -2.60. The van der Waals surface area contributed by atoms with E-state index in [1.165, 1.54) is 0 Å². The Kier molecular flexibility index (Phi) is 4.19. The van der Waals surface area contributed by atoms with Gasteiger partial charge in [-0.3, -0.25) is 4.79 Å². The van der Waals surface area contributed by atoms with Crippen LogP contribution in [-0.4, -0.2) is 34.9 Å². The molecule has 1 N–H and O–H groups in total. The van der Waals surface area contributed by atoms with Gasteiger partial charge in [0.25, 0.3) is 0 Å². The molecule has 0 radical (unpaired) electrons. The summed E-state index contributed by atoms with van der Waals surface area (Å²) in [4.78, 5) is 25.3. The van der Waals surface area contributed by atoms with E-state index in [1.807, 2.05) is 20.8 Å². The van der Waals surface area contributed by atoms with Gasteiger partial charge in [-0.15, -0.1) is 0 Å². The molecule has 1 heterocycles. The average Bonchev–Trinajstić information content (AvgIpc) is 3.26. The minimum atomic E-state index is -0.822. The van der Waals surface area contributed by atoms with Gasteiger partial charge in [0, 0.05) is 5.41 Å². The number of carboxylic acid groups (broad SMARTS) is 1. The first-order valence-electron chi connectivity index (χ1n) is 11.8. The fraction of sp³-hybridized carbons (Fsp3) is 0.840. The Morgan fingerprint density at radius 2 is 1.80 bits per heavy atom. The van der Waals surface area contributed by atoms with Crippen molar-refractivity contribution in [1.29, 1.82) is 0 Å². The number of carbonyl (C=O) groups is 2. The van der Waals surface area contributed by atoms with Crippen molar-refractivity contribution in [3.05, 3.63) is 12.2 Å². The van der Waals surface area contributed by atoms with Gasteiger partial charge in [-0.2, -0.15) is 0 Å². The Morgan fingerprint density at radius 1 is 1.10 bits per heavy atom. The summed E-state index contributed by atoms with van der Waals surface area (Å²) in [7, 11) is 0. The monoisotopic (exact) mass is 416 g/mol. The van der Waals surface area contributed by atoms with Gasteiger partial charge in [0.15, 0.2) is 5.60 Å². The number of carbonyl (C=O) groups excluding carboxylic acids is 1. The zero-order chi connectivity index (χ0) is 21.7. The standard InChI is InChI=1S/C25H36O5/c1-14-16-7-8-18-22(3)10-6-11-23(4,20(26)27)17(22)9-12-25(18,13-16)19(14)29-21(28)24(5)15(2)30-24/h15-19H,1,6-13H2,2-5H3,(H,26,27)/t15-,16-,17+,18+,19+,22-,23-,24-,25-/m1/s1. The van der Waals surface area contributed by atoms with E-state index in [4.69, 9.17) is 9.47 Å². The Balaban J connectivity index is 1.51. The molecule has 1 saturated heterocycles. The van der Waals surface area contributed by atoms with Crippen molar-refractivity contribution >= 4 is 11.9 Å². The fourth-order valence-electron chi connectivity index (χ4n) is 8.55. The highest BCUT2D eigenvalue weighted by molar-refractivity contribution is 5.83. The molecular formula is C25H36O5. The zero-order valence-electron chi connectivity index (χ0n) is 18.8. The van der Waals surface area contributed by atoms with Crippen LogP contribution in [0.2, 0.25) is 0 Å². The molecule has 0 aromatic rings. The van der Waals surface area contributed by atoms with Crippen molar-refractivity contribution < 1.29 is 24.2 Å². The number of hydrogen-bond acceptors (Lipinski definition) is 4. The van der Waals surface area contributed by atoms with Crippen molar-refractivity contribution in [2.45, 2.75) is 96.9 Å². The van der Waals surface area contributed by atoms with Crippen molar-refractivity contribution in [2.75, 3.05) is 0 Å². The van der Waals surface area contributed by atoms with Crippen LogP contribution < -0.4 is 0 Å². The first-order valence-corrected chi connectivity index (χ1v) is 11.8. The van der Waals surface area contributed by atoms with E-state index in [0.29, 0.717) is 11.8 Å². The molecule has 5 nitrogen and oxygen atoms in total. The maximum atomic E-state index is 13.0. The van der Waals surface area contributed by atoms with Gasteiger partial charge in [-0.25, -0.2) is 4.79 Å². The maximum absolute atomic E-state index is 13.0. The first kappa shape index (κ1) is 20.5. The number of carboxylic acids is 1. The number of ether oxygens (including phenoxy) is 2. The molecule has 4 saturated carbocycles. The first-order chi connectivity index (χ1) is 14.0. The quantitative estimate of drug-likeness (QED) is 0.409. The number of aliphatic carboxylic acids is 1. The van der Waals surface area contributed by atoms with Gasteiger partial charge < -0.3 is 14.6 Å². The van der Waals surface area contributed by atoms with E-state index in [0.717, 1.165) is 56.9 Å². The van der Waals surface area contributed by atoms with Crippen LogP contribution in [0.15, 0.2) is 12.2 Å². The minimum Gasteiger partial charge on any atom is -0.481 e. The molecule has 9 atom stereocenters. The Morgan fingerprint density at radius 3 is 2.43 bits per heavy atom. The molecular weight excluding hydrogens is 380 g/mol. The molecule has 0 unspecified atom stereocenters. The van der Waals surface area contributed by atoms with E-state index in [-0.39, 0.29) is 34.9 Å². The summed E-state index contributed by atoms with van der Waals surface area (Å²) in [6.45, 7) is 12.4. The molecule has 2 bridgehead atoms. The maximum Gasteiger partial charge on any atom is 0.341 e. The van der Waals surface area contributed by atoms with Crippen LogP contribution in [0.1, 0.15) is 79.1 Å². The Bertz CT molecular complexity index is 820. The molecule has 5 aliphatic rings. The zero-order valence-corrected chi connectivity index (χ0v) is 18.8. The van der Waals surface area contributed by atoms with E-state index < -0.39 is 17.0 Å². The lowest BCUT2D eigenvalue weighted by atomic mass is 9.40. The average molecular weight is 417 g/mol. The third-order valence-electron chi connectivity index (χ3n) is 10.4. The van der Waals surface area contributed by atoms with Crippen LogP contribution in [0, 0.1) is 34.0 Å². The summed E-state index contributed by atoms with van der Waals surface area (Å²) in [6, 6.07) is 0. The summed E-state index contributed by atoms with van der Waals surface area (Å²) in [5.74, 6) is 0.0705. The summed E-state index contributed by atoms with van der Waals surface area (Å²) >= 11 is 0. The van der Waals surface area contributed by atoms with Crippen molar-refractivity contribution in [3.63, 3.8) is 0 Å². The van der Waals surface area contributed by atoms with Crippen molar-refractivity contribution in [2.24, 2.45) is 34.0 Å². The van der Waals surface area contributed by atoms with Crippen LogP contribution in [0.3, 0.4) is 0 Å². The van der Waals surface area contributed by atoms with Crippen LogP contribution in [-0.2, 0) is 19.1 Å². The third-order valence-corrected chi connectivity index (χ3v) is 10.4. The van der Waals surface area contributed by atoms with E-state index in [1.54, 1.807) is 0 Å². The molecule has 1 aliphatic heterocycles. The minimum absolute atomic E-state index is 0.0306. The second kappa shape index (κ2) is 6.11. The second-order valence-corrected chi connectivity index (χ2v) is 11.7. The van der Waals surface area contributed by atoms with E-state index >= 15 is 0 Å². The molecule has 0 aromatic carbocycles. The molecule has 5 heteroatoms. The molecule has 4 aliphatic carbocycles. The summed E-state index contributed by atoms with van der Waals surface area (Å²) < 4.78 is 11.8. The van der Waals surface area contributed by atoms with Gasteiger partial charge >= 0.3 is 11.9 Å². The Hall–Kier alpha value is -1.36. The van der Waals surface area contributed by atoms with Crippen LogP contribution >= 0.6 is 0 Å². The molecule has 0 aromatic heterocycles. The number of fused-ring (bicyclic) bond motifs is 3. The number of rotatable bonds is 3.